The summed E-state index contributed by atoms with van der Waals surface area (Å²) in [6.07, 6.45) is 3.17. The van der Waals surface area contributed by atoms with Gasteiger partial charge in [-0.3, -0.25) is 0 Å². The maximum absolute atomic E-state index is 14.5. The number of hydrogen-bond donors (Lipinski definition) is 1. The maximum atomic E-state index is 14.5. The Morgan fingerprint density at radius 3 is 2.27 bits per heavy atom. The van der Waals surface area contributed by atoms with Crippen molar-refractivity contribution in [1.82, 2.24) is 4.31 Å². The highest BCUT2D eigenvalue weighted by Gasteiger charge is 2.48. The fourth-order valence-corrected chi connectivity index (χ4v) is 7.15. The highest BCUT2D eigenvalue weighted by atomic mass is 32.2. The predicted octanol–water partition coefficient (Wildman–Crippen LogP) is 6.09. The summed E-state index contributed by atoms with van der Waals surface area (Å²) < 4.78 is 41.4. The van der Waals surface area contributed by atoms with E-state index in [1.165, 1.54) is 13.2 Å². The van der Waals surface area contributed by atoms with Gasteiger partial charge in [-0.2, -0.15) is 4.31 Å². The van der Waals surface area contributed by atoms with Crippen molar-refractivity contribution in [1.29, 1.82) is 0 Å². The average Bonchev–Trinajstić information content (AvgIpc) is 3.00. The highest BCUT2D eigenvalue weighted by molar-refractivity contribution is 7.89. The minimum Gasteiger partial charge on any atom is -0.504 e. The van der Waals surface area contributed by atoms with Gasteiger partial charge in [-0.15, -0.1) is 0 Å². The van der Waals surface area contributed by atoms with Crippen LogP contribution in [0.4, 0.5) is 11.4 Å². The number of methoxy groups -OCH3 is 2. The lowest BCUT2D eigenvalue weighted by Gasteiger charge is -2.43. The summed E-state index contributed by atoms with van der Waals surface area (Å²) in [7, 11) is -0.953. The van der Waals surface area contributed by atoms with Crippen molar-refractivity contribution < 1.29 is 23.0 Å². The molecular weight excluding hydrogens is 488 g/mol. The normalized spacial score (nSPS) is 19.2. The maximum Gasteiger partial charge on any atom is 0.246 e. The first kappa shape index (κ1) is 26.8. The molecule has 1 atom stereocenters. The quantitative estimate of drug-likeness (QED) is 0.365. The van der Waals surface area contributed by atoms with Crippen LogP contribution in [0.1, 0.15) is 45.1 Å². The number of para-hydroxylation sites is 1. The van der Waals surface area contributed by atoms with Crippen molar-refractivity contribution in [2.75, 3.05) is 25.7 Å². The highest BCUT2D eigenvalue weighted by Crippen LogP contribution is 2.47. The summed E-state index contributed by atoms with van der Waals surface area (Å²) in [4.78, 5) is 2.12. The van der Waals surface area contributed by atoms with Gasteiger partial charge >= 0.3 is 0 Å². The molecule has 0 aliphatic carbocycles. The average molecular weight is 525 g/mol. The van der Waals surface area contributed by atoms with Gasteiger partial charge < -0.3 is 19.5 Å². The second-order valence-electron chi connectivity index (χ2n) is 9.45. The second kappa shape index (κ2) is 11.0. The molecule has 1 aliphatic heterocycles. The van der Waals surface area contributed by atoms with Gasteiger partial charge in [0.05, 0.1) is 25.4 Å². The molecule has 3 aromatic rings. The summed E-state index contributed by atoms with van der Waals surface area (Å²) in [6.45, 7) is 4.85. The molecule has 0 bridgehead atoms. The van der Waals surface area contributed by atoms with E-state index in [4.69, 9.17) is 9.47 Å². The third-order valence-electron chi connectivity index (χ3n) is 7.31. The van der Waals surface area contributed by atoms with Gasteiger partial charge in [-0.25, -0.2) is 8.42 Å². The lowest BCUT2D eigenvalue weighted by Crippen LogP contribution is -2.54. The van der Waals surface area contributed by atoms with Crippen molar-refractivity contribution in [2.24, 2.45) is 0 Å². The van der Waals surface area contributed by atoms with Gasteiger partial charge in [0.15, 0.2) is 11.5 Å². The Balaban J connectivity index is 1.97. The Bertz CT molecular complexity index is 1310. The van der Waals surface area contributed by atoms with Crippen molar-refractivity contribution >= 4 is 21.4 Å². The van der Waals surface area contributed by atoms with E-state index in [0.29, 0.717) is 30.8 Å². The zero-order valence-electron chi connectivity index (χ0n) is 22.0. The minimum absolute atomic E-state index is 0.0648. The molecule has 1 aliphatic rings. The number of phenols is 1. The largest absolute Gasteiger partial charge is 0.504 e. The van der Waals surface area contributed by atoms with Crippen molar-refractivity contribution in [3.8, 4) is 17.2 Å². The topological polar surface area (TPSA) is 79.3 Å². The molecule has 7 nitrogen and oxygen atoms in total. The molecule has 1 N–H and O–H groups in total. The van der Waals surface area contributed by atoms with Crippen LogP contribution in [-0.4, -0.2) is 44.1 Å². The van der Waals surface area contributed by atoms with Gasteiger partial charge in [0.2, 0.25) is 10.0 Å². The Labute approximate surface area is 220 Å². The minimum atomic E-state index is -4.03. The van der Waals surface area contributed by atoms with E-state index in [1.54, 1.807) is 17.5 Å². The van der Waals surface area contributed by atoms with E-state index < -0.39 is 15.6 Å². The van der Waals surface area contributed by atoms with Gasteiger partial charge in [0.1, 0.15) is 10.6 Å². The zero-order chi connectivity index (χ0) is 26.6. The molecule has 198 valence electrons. The molecule has 0 saturated carbocycles. The number of sulfonamides is 1. The standard InChI is InChI=1S/C29H36N2O5S/c1-5-7-17-29(6-2)21-30(23-11-9-8-10-12-23)25-18-27(36-4)26(32)19-28(25)37(33,34)31(29)20-22-13-15-24(35-3)16-14-22/h8-16,18-19,32H,5-7,17,20-21H2,1-4H3. The van der Waals surface area contributed by atoms with Crippen LogP contribution < -0.4 is 14.4 Å². The molecule has 0 amide bonds. The molecule has 1 unspecified atom stereocenters. The molecule has 8 heteroatoms. The molecule has 0 aromatic heterocycles. The van der Waals surface area contributed by atoms with Crippen LogP contribution in [0.3, 0.4) is 0 Å². The number of unbranched alkanes of at least 4 members (excludes halogenated alkanes) is 1. The lowest BCUT2D eigenvalue weighted by atomic mass is 9.88. The van der Waals surface area contributed by atoms with Crippen molar-refractivity contribution in [2.45, 2.75) is 56.5 Å². The van der Waals surface area contributed by atoms with Gasteiger partial charge in [0.25, 0.3) is 0 Å². The summed E-state index contributed by atoms with van der Waals surface area (Å²) >= 11 is 0. The molecule has 37 heavy (non-hydrogen) atoms. The van der Waals surface area contributed by atoms with E-state index in [-0.39, 0.29) is 22.9 Å². The predicted molar refractivity (Wildman–Crippen MR) is 146 cm³/mol. The second-order valence-corrected chi connectivity index (χ2v) is 11.3. The Morgan fingerprint density at radius 2 is 1.68 bits per heavy atom. The zero-order valence-corrected chi connectivity index (χ0v) is 22.8. The number of hydrogen-bond acceptors (Lipinski definition) is 6. The van der Waals surface area contributed by atoms with Gasteiger partial charge in [-0.1, -0.05) is 57.0 Å². The molecule has 0 radical (unpaired) electrons. The van der Waals surface area contributed by atoms with Gasteiger partial charge in [0, 0.05) is 30.9 Å². The summed E-state index contributed by atoms with van der Waals surface area (Å²) in [6, 6.07) is 20.3. The van der Waals surface area contributed by atoms with Crippen LogP contribution in [0.15, 0.2) is 71.6 Å². The SMILES string of the molecule is CCCCC1(CC)CN(c2ccccc2)c2cc(OC)c(O)cc2S(=O)(=O)N1Cc1ccc(OC)cc1. The first-order valence-electron chi connectivity index (χ1n) is 12.7. The number of anilines is 2. The van der Waals surface area contributed by atoms with E-state index in [1.807, 2.05) is 54.6 Å². The number of benzene rings is 3. The van der Waals surface area contributed by atoms with Crippen LogP contribution in [0.25, 0.3) is 0 Å². The number of fused-ring (bicyclic) bond motifs is 1. The number of phenolic OH excluding ortho intramolecular Hbond substituents is 1. The summed E-state index contributed by atoms with van der Waals surface area (Å²) in [5.41, 5.74) is 1.55. The third kappa shape index (κ3) is 5.13. The van der Waals surface area contributed by atoms with Crippen LogP contribution in [0, 0.1) is 0 Å². The number of nitrogens with zero attached hydrogens (tertiary/aromatic N) is 2. The fourth-order valence-electron chi connectivity index (χ4n) is 5.11. The van der Waals surface area contributed by atoms with E-state index in [9.17, 15) is 13.5 Å². The fraction of sp³-hybridized carbons (Fsp3) is 0.379. The van der Waals surface area contributed by atoms with Crippen molar-refractivity contribution in [3.05, 3.63) is 72.3 Å². The Morgan fingerprint density at radius 1 is 0.973 bits per heavy atom. The summed E-state index contributed by atoms with van der Waals surface area (Å²) in [5.74, 6) is 0.738. The van der Waals surface area contributed by atoms with Crippen LogP contribution in [-0.2, 0) is 16.6 Å². The molecular formula is C29H36N2O5S. The van der Waals surface area contributed by atoms with E-state index in [0.717, 1.165) is 24.1 Å². The van der Waals surface area contributed by atoms with Crippen molar-refractivity contribution in [3.63, 3.8) is 0 Å². The van der Waals surface area contributed by atoms with Gasteiger partial charge in [-0.05, 0) is 42.7 Å². The molecule has 1 heterocycles. The molecule has 0 spiro atoms. The monoisotopic (exact) mass is 524 g/mol. The first-order valence-corrected chi connectivity index (χ1v) is 14.1. The number of aromatic hydroxyl groups is 1. The lowest BCUT2D eigenvalue weighted by molar-refractivity contribution is 0.163. The Hall–Kier alpha value is -3.23. The smallest absolute Gasteiger partial charge is 0.246 e. The number of rotatable bonds is 9. The van der Waals surface area contributed by atoms with Crippen LogP contribution in [0.5, 0.6) is 17.2 Å². The summed E-state index contributed by atoms with van der Waals surface area (Å²) in [5, 5.41) is 10.7. The Kier molecular flexibility index (Phi) is 7.99. The molecule has 0 fully saturated rings. The van der Waals surface area contributed by atoms with E-state index >= 15 is 0 Å². The molecule has 4 rings (SSSR count). The first-order chi connectivity index (χ1) is 17.8. The number of ether oxygens (including phenoxy) is 2. The molecule has 0 saturated heterocycles. The van der Waals surface area contributed by atoms with Crippen LogP contribution >= 0.6 is 0 Å². The van der Waals surface area contributed by atoms with Crippen LogP contribution in [0.2, 0.25) is 0 Å². The van der Waals surface area contributed by atoms with E-state index in [2.05, 4.69) is 18.7 Å². The molecule has 3 aromatic carbocycles. The third-order valence-corrected chi connectivity index (χ3v) is 9.29.